The zero-order valence-corrected chi connectivity index (χ0v) is 8.81. The summed E-state index contributed by atoms with van der Waals surface area (Å²) in [7, 11) is 0. The van der Waals surface area contributed by atoms with Gasteiger partial charge in [0, 0.05) is 23.1 Å². The fourth-order valence-electron chi connectivity index (χ4n) is 1.23. The normalized spacial score (nSPS) is 10.0. The molecule has 80 valence electrons. The van der Waals surface area contributed by atoms with Gasteiger partial charge in [0.05, 0.1) is 10.6 Å². The highest BCUT2D eigenvalue weighted by Gasteiger charge is 2.07. The molecular formula is C10H6N2O3S. The van der Waals surface area contributed by atoms with Crippen molar-refractivity contribution < 1.29 is 9.72 Å². The molecule has 0 aliphatic rings. The number of carbonyl (C=O) groups excluding carboxylic acids is 1. The van der Waals surface area contributed by atoms with E-state index in [4.69, 9.17) is 0 Å². The summed E-state index contributed by atoms with van der Waals surface area (Å²) < 4.78 is 0. The average Bonchev–Trinajstić information content (AvgIpc) is 2.77. The van der Waals surface area contributed by atoms with Crippen LogP contribution in [0.5, 0.6) is 0 Å². The maximum absolute atomic E-state index is 10.5. The summed E-state index contributed by atoms with van der Waals surface area (Å²) in [5, 5.41) is 12.6. The lowest BCUT2D eigenvalue weighted by Crippen LogP contribution is -1.87. The highest BCUT2D eigenvalue weighted by Crippen LogP contribution is 2.23. The Labute approximate surface area is 94.5 Å². The monoisotopic (exact) mass is 234 g/mol. The maximum Gasteiger partial charge on any atom is 0.269 e. The maximum atomic E-state index is 10.5. The first kappa shape index (κ1) is 10.4. The van der Waals surface area contributed by atoms with Gasteiger partial charge in [-0.1, -0.05) is 0 Å². The van der Waals surface area contributed by atoms with E-state index in [2.05, 4.69) is 4.98 Å². The second-order valence-electron chi connectivity index (χ2n) is 2.99. The lowest BCUT2D eigenvalue weighted by atomic mass is 10.1. The summed E-state index contributed by atoms with van der Waals surface area (Å²) in [5.74, 6) is 0. The van der Waals surface area contributed by atoms with Crippen LogP contribution in [0.25, 0.3) is 11.3 Å². The van der Waals surface area contributed by atoms with Crippen LogP contribution in [0.15, 0.2) is 29.6 Å². The van der Waals surface area contributed by atoms with Gasteiger partial charge in [0.25, 0.3) is 5.69 Å². The summed E-state index contributed by atoms with van der Waals surface area (Å²) in [6.07, 6.45) is 0.680. The van der Waals surface area contributed by atoms with Crippen molar-refractivity contribution in [2.45, 2.75) is 0 Å². The van der Waals surface area contributed by atoms with Crippen LogP contribution in [0.2, 0.25) is 0 Å². The number of nitrogens with zero attached hydrogens (tertiary/aromatic N) is 2. The lowest BCUT2D eigenvalue weighted by molar-refractivity contribution is -0.384. The molecular weight excluding hydrogens is 228 g/mol. The Bertz CT molecular complexity index is 533. The Hall–Kier alpha value is -2.08. The number of non-ortho nitro benzene ring substituents is 1. The molecule has 0 atom stereocenters. The molecule has 0 aliphatic carbocycles. The standard InChI is InChI=1S/C10H6N2O3S/c13-5-10-11-9(6-16-10)7-1-3-8(4-2-7)12(14)15/h1-6H. The first-order chi connectivity index (χ1) is 7.70. The second kappa shape index (κ2) is 4.19. The number of nitro benzene ring substituents is 1. The number of carbonyl (C=O) groups is 1. The molecule has 0 unspecified atom stereocenters. The molecule has 6 heteroatoms. The molecule has 2 rings (SSSR count). The van der Waals surface area contributed by atoms with E-state index in [1.54, 1.807) is 17.5 Å². The summed E-state index contributed by atoms with van der Waals surface area (Å²) in [6, 6.07) is 6.05. The summed E-state index contributed by atoms with van der Waals surface area (Å²) in [5.41, 5.74) is 1.45. The summed E-state index contributed by atoms with van der Waals surface area (Å²) in [6.45, 7) is 0. The van der Waals surface area contributed by atoms with Gasteiger partial charge >= 0.3 is 0 Å². The molecule has 16 heavy (non-hydrogen) atoms. The van der Waals surface area contributed by atoms with Crippen LogP contribution >= 0.6 is 11.3 Å². The number of rotatable bonds is 3. The van der Waals surface area contributed by atoms with E-state index in [1.165, 1.54) is 23.5 Å². The number of aldehydes is 1. The molecule has 0 aliphatic heterocycles. The van der Waals surface area contributed by atoms with Gasteiger partial charge in [-0.05, 0) is 12.1 Å². The molecule has 0 fully saturated rings. The molecule has 0 N–H and O–H groups in total. The van der Waals surface area contributed by atoms with Gasteiger partial charge < -0.3 is 0 Å². The van der Waals surface area contributed by atoms with Crippen molar-refractivity contribution in [3.63, 3.8) is 0 Å². The van der Waals surface area contributed by atoms with Gasteiger partial charge in [0.15, 0.2) is 11.3 Å². The Morgan fingerprint density at radius 1 is 1.31 bits per heavy atom. The Kier molecular flexibility index (Phi) is 2.74. The van der Waals surface area contributed by atoms with Gasteiger partial charge in [-0.3, -0.25) is 14.9 Å². The van der Waals surface area contributed by atoms with E-state index in [0.29, 0.717) is 17.0 Å². The SMILES string of the molecule is O=Cc1nc(-c2ccc([N+](=O)[O-])cc2)cs1. The van der Waals surface area contributed by atoms with Crippen molar-refractivity contribution in [1.29, 1.82) is 0 Å². The van der Waals surface area contributed by atoms with Crippen molar-refractivity contribution in [1.82, 2.24) is 4.98 Å². The fraction of sp³-hybridized carbons (Fsp3) is 0. The highest BCUT2D eigenvalue weighted by molar-refractivity contribution is 7.11. The Morgan fingerprint density at radius 2 is 2.00 bits per heavy atom. The molecule has 1 aromatic heterocycles. The Morgan fingerprint density at radius 3 is 2.50 bits per heavy atom. The number of hydrogen-bond acceptors (Lipinski definition) is 5. The molecule has 0 amide bonds. The molecule has 1 heterocycles. The van der Waals surface area contributed by atoms with E-state index >= 15 is 0 Å². The van der Waals surface area contributed by atoms with Gasteiger partial charge in [0.2, 0.25) is 0 Å². The molecule has 0 saturated carbocycles. The Balaban J connectivity index is 2.34. The lowest BCUT2D eigenvalue weighted by Gasteiger charge is -1.95. The molecule has 5 nitrogen and oxygen atoms in total. The van der Waals surface area contributed by atoms with Gasteiger partial charge in [-0.15, -0.1) is 11.3 Å². The van der Waals surface area contributed by atoms with Crippen LogP contribution in [-0.2, 0) is 0 Å². The fourth-order valence-corrected chi connectivity index (χ4v) is 1.86. The number of aromatic nitrogens is 1. The average molecular weight is 234 g/mol. The first-order valence-corrected chi connectivity index (χ1v) is 5.24. The van der Waals surface area contributed by atoms with Crippen LogP contribution in [0.4, 0.5) is 5.69 Å². The molecule has 0 radical (unpaired) electrons. The largest absolute Gasteiger partial charge is 0.295 e. The minimum Gasteiger partial charge on any atom is -0.295 e. The third-order valence-corrected chi connectivity index (χ3v) is 2.77. The van der Waals surface area contributed by atoms with Crippen LogP contribution in [0, 0.1) is 10.1 Å². The number of thiazole rings is 1. The summed E-state index contributed by atoms with van der Waals surface area (Å²) >= 11 is 1.24. The minimum atomic E-state index is -0.457. The third kappa shape index (κ3) is 1.96. The zero-order chi connectivity index (χ0) is 11.5. The van der Waals surface area contributed by atoms with Crippen molar-refractivity contribution >= 4 is 23.3 Å². The van der Waals surface area contributed by atoms with Crippen molar-refractivity contribution in [3.8, 4) is 11.3 Å². The summed E-state index contributed by atoms with van der Waals surface area (Å²) in [4.78, 5) is 24.5. The van der Waals surface area contributed by atoms with E-state index < -0.39 is 4.92 Å². The molecule has 0 bridgehead atoms. The van der Waals surface area contributed by atoms with Gasteiger partial charge in [-0.25, -0.2) is 4.98 Å². The van der Waals surface area contributed by atoms with Gasteiger partial charge in [0.1, 0.15) is 0 Å². The van der Waals surface area contributed by atoms with E-state index in [-0.39, 0.29) is 5.69 Å². The predicted octanol–water partition coefficient (Wildman–Crippen LogP) is 2.53. The van der Waals surface area contributed by atoms with Crippen molar-refractivity contribution in [2.75, 3.05) is 0 Å². The van der Waals surface area contributed by atoms with E-state index in [1.807, 2.05) is 0 Å². The van der Waals surface area contributed by atoms with E-state index in [9.17, 15) is 14.9 Å². The van der Waals surface area contributed by atoms with Crippen LogP contribution in [0.1, 0.15) is 9.80 Å². The first-order valence-electron chi connectivity index (χ1n) is 4.36. The molecule has 1 aromatic carbocycles. The van der Waals surface area contributed by atoms with Crippen molar-refractivity contribution in [2.24, 2.45) is 0 Å². The number of nitro groups is 1. The predicted molar refractivity (Wildman–Crippen MR) is 59.6 cm³/mol. The van der Waals surface area contributed by atoms with Crippen LogP contribution < -0.4 is 0 Å². The van der Waals surface area contributed by atoms with Crippen LogP contribution in [0.3, 0.4) is 0 Å². The smallest absolute Gasteiger partial charge is 0.269 e. The quantitative estimate of drug-likeness (QED) is 0.464. The second-order valence-corrected chi connectivity index (χ2v) is 3.88. The topological polar surface area (TPSA) is 73.1 Å². The molecule has 2 aromatic rings. The van der Waals surface area contributed by atoms with Crippen LogP contribution in [-0.4, -0.2) is 16.2 Å². The molecule has 0 spiro atoms. The molecule has 0 saturated heterocycles. The number of hydrogen-bond donors (Lipinski definition) is 0. The van der Waals surface area contributed by atoms with Gasteiger partial charge in [-0.2, -0.15) is 0 Å². The van der Waals surface area contributed by atoms with Crippen molar-refractivity contribution in [3.05, 3.63) is 44.8 Å². The minimum absolute atomic E-state index is 0.0367. The number of benzene rings is 1. The third-order valence-electron chi connectivity index (χ3n) is 2.00. The van der Waals surface area contributed by atoms with E-state index in [0.717, 1.165) is 5.56 Å². The highest BCUT2D eigenvalue weighted by atomic mass is 32.1. The zero-order valence-electron chi connectivity index (χ0n) is 7.99.